The van der Waals surface area contributed by atoms with Gasteiger partial charge in [0.25, 0.3) is 5.91 Å². The number of hydrogen-bond donors (Lipinski definition) is 1. The van der Waals surface area contributed by atoms with Crippen molar-refractivity contribution >= 4 is 33.0 Å². The molecule has 0 aliphatic carbocycles. The standard InChI is InChI=1S/C18H23ClN4O3S/c1-22(2)8-9-23(15-7-10-27(25,26)13-15)12-14(11-20)18(24)21-17-6-4-3-5-16(17)19/h3-6,12,15H,7-10,13H2,1-2H3,(H,21,24)/b14-12-. The number of sulfone groups is 1. The van der Waals surface area contributed by atoms with Gasteiger partial charge in [0.2, 0.25) is 0 Å². The predicted octanol–water partition coefficient (Wildman–Crippen LogP) is 1.74. The van der Waals surface area contributed by atoms with Crippen molar-refractivity contribution in [1.29, 1.82) is 5.26 Å². The summed E-state index contributed by atoms with van der Waals surface area (Å²) >= 11 is 6.04. The van der Waals surface area contributed by atoms with E-state index in [0.29, 0.717) is 30.2 Å². The van der Waals surface area contributed by atoms with E-state index in [0.717, 1.165) is 0 Å². The van der Waals surface area contributed by atoms with Crippen LogP contribution in [-0.4, -0.2) is 68.9 Å². The lowest BCUT2D eigenvalue weighted by Crippen LogP contribution is -2.37. The van der Waals surface area contributed by atoms with E-state index in [-0.39, 0.29) is 23.1 Å². The van der Waals surface area contributed by atoms with Gasteiger partial charge >= 0.3 is 0 Å². The van der Waals surface area contributed by atoms with Crippen molar-refractivity contribution in [2.45, 2.75) is 12.5 Å². The van der Waals surface area contributed by atoms with Gasteiger partial charge in [0.05, 0.1) is 22.2 Å². The maximum atomic E-state index is 12.5. The fourth-order valence-electron chi connectivity index (χ4n) is 2.76. The number of anilines is 1. The number of halogens is 1. The summed E-state index contributed by atoms with van der Waals surface area (Å²) in [7, 11) is 0.729. The van der Waals surface area contributed by atoms with Crippen LogP contribution in [0.3, 0.4) is 0 Å². The van der Waals surface area contributed by atoms with Crippen LogP contribution in [0.4, 0.5) is 5.69 Å². The van der Waals surface area contributed by atoms with Crippen molar-refractivity contribution in [3.05, 3.63) is 41.1 Å². The monoisotopic (exact) mass is 410 g/mol. The molecule has 9 heteroatoms. The molecule has 0 aromatic heterocycles. The van der Waals surface area contributed by atoms with E-state index in [1.54, 1.807) is 29.2 Å². The van der Waals surface area contributed by atoms with E-state index < -0.39 is 15.7 Å². The first-order valence-electron chi connectivity index (χ1n) is 8.50. The highest BCUT2D eigenvalue weighted by Gasteiger charge is 2.31. The van der Waals surface area contributed by atoms with Gasteiger partial charge in [-0.05, 0) is 32.6 Å². The third-order valence-electron chi connectivity index (χ3n) is 4.26. The molecule has 1 N–H and O–H groups in total. The van der Waals surface area contributed by atoms with Crippen LogP contribution in [0.25, 0.3) is 0 Å². The molecule has 0 spiro atoms. The van der Waals surface area contributed by atoms with Crippen molar-refractivity contribution < 1.29 is 13.2 Å². The average molecular weight is 411 g/mol. The van der Waals surface area contributed by atoms with Crippen LogP contribution in [0.5, 0.6) is 0 Å². The van der Waals surface area contributed by atoms with Gasteiger partial charge in [0.15, 0.2) is 9.84 Å². The predicted molar refractivity (Wildman–Crippen MR) is 106 cm³/mol. The van der Waals surface area contributed by atoms with Gasteiger partial charge in [0.1, 0.15) is 11.6 Å². The van der Waals surface area contributed by atoms with Crippen molar-refractivity contribution in [3.8, 4) is 6.07 Å². The molecular formula is C18H23ClN4O3S. The number of para-hydroxylation sites is 1. The number of likely N-dealkylation sites (N-methyl/N-ethyl adjacent to an activating group) is 1. The van der Waals surface area contributed by atoms with Crippen LogP contribution in [0.2, 0.25) is 5.02 Å². The lowest BCUT2D eigenvalue weighted by molar-refractivity contribution is -0.112. The van der Waals surface area contributed by atoms with Crippen LogP contribution in [0, 0.1) is 11.3 Å². The summed E-state index contributed by atoms with van der Waals surface area (Å²) in [6, 6.07) is 8.41. The second-order valence-electron chi connectivity index (χ2n) is 6.69. The highest BCUT2D eigenvalue weighted by atomic mass is 35.5. The number of carbonyl (C=O) groups is 1. The number of hydrogen-bond acceptors (Lipinski definition) is 6. The Morgan fingerprint density at radius 3 is 2.63 bits per heavy atom. The number of rotatable bonds is 7. The van der Waals surface area contributed by atoms with Gasteiger partial charge in [-0.25, -0.2) is 8.42 Å². The van der Waals surface area contributed by atoms with Crippen molar-refractivity contribution in [2.75, 3.05) is 44.0 Å². The number of nitrogens with one attached hydrogen (secondary N) is 1. The van der Waals surface area contributed by atoms with E-state index in [9.17, 15) is 18.5 Å². The number of benzene rings is 1. The van der Waals surface area contributed by atoms with Crippen molar-refractivity contribution in [1.82, 2.24) is 9.80 Å². The molecule has 1 aromatic rings. The summed E-state index contributed by atoms with van der Waals surface area (Å²) in [6.07, 6.45) is 1.94. The van der Waals surface area contributed by atoms with Gasteiger partial charge in [-0.3, -0.25) is 4.79 Å². The second-order valence-corrected chi connectivity index (χ2v) is 9.32. The molecule has 1 unspecified atom stereocenters. The van der Waals surface area contributed by atoms with Gasteiger partial charge in [-0.1, -0.05) is 23.7 Å². The molecule has 1 aliphatic heterocycles. The molecule has 1 aliphatic rings. The third-order valence-corrected chi connectivity index (χ3v) is 6.34. The van der Waals surface area contributed by atoms with E-state index in [1.807, 2.05) is 25.1 Å². The Balaban J connectivity index is 2.21. The number of nitrogens with zero attached hydrogens (tertiary/aromatic N) is 3. The molecule has 2 rings (SSSR count). The Morgan fingerprint density at radius 1 is 1.37 bits per heavy atom. The minimum atomic E-state index is -3.08. The SMILES string of the molecule is CN(C)CCN(/C=C(/C#N)C(=O)Nc1ccccc1Cl)C1CCS(=O)(=O)C1. The lowest BCUT2D eigenvalue weighted by atomic mass is 10.2. The largest absolute Gasteiger partial charge is 0.371 e. The molecule has 146 valence electrons. The number of carbonyl (C=O) groups excluding carboxylic acids is 1. The summed E-state index contributed by atoms with van der Waals surface area (Å²) in [6.45, 7) is 1.18. The molecule has 1 aromatic carbocycles. The fraction of sp³-hybridized carbons (Fsp3) is 0.444. The maximum absolute atomic E-state index is 12.5. The summed E-state index contributed by atoms with van der Waals surface area (Å²) in [4.78, 5) is 16.2. The Labute approximate surface area is 165 Å². The highest BCUT2D eigenvalue weighted by molar-refractivity contribution is 7.91. The zero-order valence-electron chi connectivity index (χ0n) is 15.4. The lowest BCUT2D eigenvalue weighted by Gasteiger charge is -2.28. The summed E-state index contributed by atoms with van der Waals surface area (Å²) < 4.78 is 23.7. The van der Waals surface area contributed by atoms with Crippen LogP contribution in [-0.2, 0) is 14.6 Å². The molecule has 0 radical (unpaired) electrons. The van der Waals surface area contributed by atoms with Crippen LogP contribution >= 0.6 is 11.6 Å². The molecule has 1 atom stereocenters. The fourth-order valence-corrected chi connectivity index (χ4v) is 4.69. The minimum absolute atomic E-state index is 0.0295. The van der Waals surface area contributed by atoms with E-state index >= 15 is 0 Å². The zero-order valence-corrected chi connectivity index (χ0v) is 16.9. The first-order chi connectivity index (χ1) is 12.7. The Hall–Kier alpha value is -2.08. The van der Waals surface area contributed by atoms with E-state index in [2.05, 4.69) is 5.32 Å². The molecule has 7 nitrogen and oxygen atoms in total. The second kappa shape index (κ2) is 9.22. The first-order valence-corrected chi connectivity index (χ1v) is 10.7. The maximum Gasteiger partial charge on any atom is 0.267 e. The van der Waals surface area contributed by atoms with E-state index in [1.165, 1.54) is 6.20 Å². The topological polar surface area (TPSA) is 93.5 Å². The average Bonchev–Trinajstić information content (AvgIpc) is 2.96. The first kappa shape index (κ1) is 21.2. The zero-order chi connectivity index (χ0) is 20.0. The summed E-state index contributed by atoms with van der Waals surface area (Å²) in [5, 5.41) is 12.4. The molecule has 1 amide bonds. The molecule has 1 heterocycles. The van der Waals surface area contributed by atoms with Gasteiger partial charge in [-0.15, -0.1) is 0 Å². The van der Waals surface area contributed by atoms with Gasteiger partial charge < -0.3 is 15.1 Å². The summed E-state index contributed by atoms with van der Waals surface area (Å²) in [5.41, 5.74) is 0.312. The number of nitriles is 1. The smallest absolute Gasteiger partial charge is 0.267 e. The molecule has 1 fully saturated rings. The summed E-state index contributed by atoms with van der Waals surface area (Å²) in [5.74, 6) is -0.430. The van der Waals surface area contributed by atoms with Crippen LogP contribution < -0.4 is 5.32 Å². The molecular weight excluding hydrogens is 388 g/mol. The van der Waals surface area contributed by atoms with Crippen LogP contribution in [0.1, 0.15) is 6.42 Å². The quantitative estimate of drug-likeness (QED) is 0.543. The third kappa shape index (κ3) is 6.24. The number of amides is 1. The molecule has 0 saturated carbocycles. The Morgan fingerprint density at radius 2 is 2.07 bits per heavy atom. The molecule has 0 bridgehead atoms. The molecule has 27 heavy (non-hydrogen) atoms. The van der Waals surface area contributed by atoms with Crippen molar-refractivity contribution in [2.24, 2.45) is 0 Å². The Kier molecular flexibility index (Phi) is 7.25. The van der Waals surface area contributed by atoms with E-state index in [4.69, 9.17) is 11.6 Å². The van der Waals surface area contributed by atoms with Crippen molar-refractivity contribution in [3.63, 3.8) is 0 Å². The normalized spacial score (nSPS) is 18.9. The van der Waals surface area contributed by atoms with Gasteiger partial charge in [-0.2, -0.15) is 5.26 Å². The minimum Gasteiger partial charge on any atom is -0.371 e. The highest BCUT2D eigenvalue weighted by Crippen LogP contribution is 2.22. The Bertz CT molecular complexity index is 862. The van der Waals surface area contributed by atoms with Crippen LogP contribution in [0.15, 0.2) is 36.0 Å². The molecule has 1 saturated heterocycles. The van der Waals surface area contributed by atoms with Gasteiger partial charge in [0, 0.05) is 25.3 Å².